The van der Waals surface area contributed by atoms with Crippen LogP contribution in [0.2, 0.25) is 5.02 Å². The van der Waals surface area contributed by atoms with Crippen LogP contribution in [0.3, 0.4) is 0 Å². The molecule has 1 aromatic rings. The molecule has 23 heavy (non-hydrogen) atoms. The first-order valence-electron chi connectivity index (χ1n) is 7.41. The van der Waals surface area contributed by atoms with Crippen LogP contribution in [0.5, 0.6) is 0 Å². The minimum atomic E-state index is -0.599. The van der Waals surface area contributed by atoms with Crippen molar-refractivity contribution in [3.8, 4) is 6.07 Å². The molecule has 0 aromatic heterocycles. The first kappa shape index (κ1) is 15.6. The molecule has 3 rings (SSSR count). The summed E-state index contributed by atoms with van der Waals surface area (Å²) in [5, 5.41) is 10.1. The van der Waals surface area contributed by atoms with Gasteiger partial charge in [0.15, 0.2) is 11.9 Å². The maximum atomic E-state index is 12.4. The molecule has 0 saturated heterocycles. The fraction of sp³-hybridized carbons (Fsp3) is 0.333. The number of hydrogen-bond donors (Lipinski definition) is 1. The molecule has 1 aromatic carbocycles. The largest absolute Gasteiger partial charge is 0.484 e. The number of nitrogens with two attached hydrogens (primary N) is 1. The predicted octanol–water partition coefficient (Wildman–Crippen LogP) is 3.79. The average molecular weight is 329 g/mol. The minimum absolute atomic E-state index is 0.0592. The van der Waals surface area contributed by atoms with Crippen molar-refractivity contribution in [3.63, 3.8) is 0 Å². The number of ether oxygens (including phenoxy) is 1. The van der Waals surface area contributed by atoms with Crippen molar-refractivity contribution in [3.05, 3.63) is 57.5 Å². The predicted molar refractivity (Wildman–Crippen MR) is 87.2 cm³/mol. The van der Waals surface area contributed by atoms with Crippen LogP contribution < -0.4 is 5.73 Å². The van der Waals surface area contributed by atoms with Gasteiger partial charge in [-0.25, -0.2) is 0 Å². The Morgan fingerprint density at radius 3 is 2.57 bits per heavy atom. The molecular weight excluding hydrogens is 312 g/mol. The maximum absolute atomic E-state index is 12.4. The summed E-state index contributed by atoms with van der Waals surface area (Å²) in [5.74, 6) is 0.527. The quantitative estimate of drug-likeness (QED) is 0.850. The Bertz CT molecular complexity index is 782. The maximum Gasteiger partial charge on any atom is 0.168 e. The van der Waals surface area contributed by atoms with Crippen molar-refractivity contribution >= 4 is 17.4 Å². The second kappa shape index (κ2) is 5.43. The number of allylic oxidation sites excluding steroid dienone is 2. The molecule has 0 spiro atoms. The number of Topliss-reactive ketones (excluding diaryl/α,β-unsaturated/α-hetero) is 1. The number of halogens is 1. The van der Waals surface area contributed by atoms with Gasteiger partial charge in [-0.1, -0.05) is 37.6 Å². The van der Waals surface area contributed by atoms with E-state index < -0.39 is 6.10 Å². The van der Waals surface area contributed by atoms with E-state index in [9.17, 15) is 10.1 Å². The third-order valence-electron chi connectivity index (χ3n) is 4.21. The van der Waals surface area contributed by atoms with Gasteiger partial charge in [-0.15, -0.1) is 0 Å². The number of carbonyl (C=O) groups excluding carboxylic acids is 1. The Morgan fingerprint density at radius 2 is 1.96 bits per heavy atom. The van der Waals surface area contributed by atoms with Crippen LogP contribution in [-0.4, -0.2) is 5.78 Å². The lowest BCUT2D eigenvalue weighted by molar-refractivity contribution is -0.118. The number of benzene rings is 1. The molecule has 1 heterocycles. The van der Waals surface area contributed by atoms with Crippen molar-refractivity contribution in [1.82, 2.24) is 0 Å². The summed E-state index contributed by atoms with van der Waals surface area (Å²) in [6.07, 6.45) is 0.426. The Hall–Kier alpha value is -2.25. The normalized spacial score (nSPS) is 23.2. The topological polar surface area (TPSA) is 76.1 Å². The van der Waals surface area contributed by atoms with Crippen molar-refractivity contribution in [2.24, 2.45) is 11.1 Å². The van der Waals surface area contributed by atoms with Crippen LogP contribution in [0.1, 0.15) is 38.4 Å². The molecule has 0 radical (unpaired) electrons. The average Bonchev–Trinajstić information content (AvgIpc) is 2.45. The second-order valence-electron chi connectivity index (χ2n) is 6.73. The number of rotatable bonds is 1. The molecule has 0 fully saturated rings. The smallest absolute Gasteiger partial charge is 0.168 e. The molecule has 5 heteroatoms. The molecule has 1 aliphatic heterocycles. The van der Waals surface area contributed by atoms with Gasteiger partial charge in [-0.3, -0.25) is 4.79 Å². The molecule has 1 unspecified atom stereocenters. The zero-order valence-corrected chi connectivity index (χ0v) is 13.8. The SMILES string of the molecule is CC1(C)CC(=O)C2=C(C1)OC(c1ccc(Cl)cc1)C(C#N)=C2N. The number of ketones is 1. The Morgan fingerprint density at radius 1 is 1.30 bits per heavy atom. The number of nitrogens with zero attached hydrogens (tertiary/aromatic N) is 1. The molecule has 118 valence electrons. The zero-order valence-electron chi connectivity index (χ0n) is 13.0. The van der Waals surface area contributed by atoms with Crippen molar-refractivity contribution in [1.29, 1.82) is 5.26 Å². The van der Waals surface area contributed by atoms with Gasteiger partial charge in [0.1, 0.15) is 11.8 Å². The first-order chi connectivity index (χ1) is 10.8. The number of carbonyl (C=O) groups is 1. The zero-order chi connectivity index (χ0) is 16.8. The summed E-state index contributed by atoms with van der Waals surface area (Å²) in [4.78, 5) is 12.4. The van der Waals surface area contributed by atoms with Gasteiger partial charge >= 0.3 is 0 Å². The van der Waals surface area contributed by atoms with Gasteiger partial charge in [-0.2, -0.15) is 5.26 Å². The second-order valence-corrected chi connectivity index (χ2v) is 7.16. The van der Waals surface area contributed by atoms with Gasteiger partial charge in [0, 0.05) is 17.9 Å². The minimum Gasteiger partial charge on any atom is -0.484 e. The van der Waals surface area contributed by atoms with Gasteiger partial charge in [0.05, 0.1) is 16.8 Å². The van der Waals surface area contributed by atoms with Crippen molar-refractivity contribution < 1.29 is 9.53 Å². The first-order valence-corrected chi connectivity index (χ1v) is 7.79. The molecule has 1 atom stereocenters. The standard InChI is InChI=1S/C18H17ClN2O2/c1-18(2)7-13(22)15-14(8-18)23-17(12(9-20)16(15)21)10-3-5-11(19)6-4-10/h3-6,17H,7-8,21H2,1-2H3. The monoisotopic (exact) mass is 328 g/mol. The van der Waals surface area contributed by atoms with Crippen LogP contribution in [0, 0.1) is 16.7 Å². The number of nitriles is 1. The summed E-state index contributed by atoms with van der Waals surface area (Å²) in [6.45, 7) is 4.05. The van der Waals surface area contributed by atoms with E-state index in [-0.39, 0.29) is 22.5 Å². The highest BCUT2D eigenvalue weighted by Crippen LogP contribution is 2.45. The van der Waals surface area contributed by atoms with E-state index in [1.54, 1.807) is 24.3 Å². The summed E-state index contributed by atoms with van der Waals surface area (Å²) in [6, 6.07) is 9.19. The van der Waals surface area contributed by atoms with E-state index >= 15 is 0 Å². The van der Waals surface area contributed by atoms with E-state index in [0.717, 1.165) is 5.56 Å². The Labute approximate surface area is 140 Å². The summed E-state index contributed by atoms with van der Waals surface area (Å²) in [7, 11) is 0. The van der Waals surface area contributed by atoms with Crippen LogP contribution in [0.15, 0.2) is 46.9 Å². The van der Waals surface area contributed by atoms with E-state index in [2.05, 4.69) is 6.07 Å². The highest BCUT2D eigenvalue weighted by atomic mass is 35.5. The van der Waals surface area contributed by atoms with Crippen LogP contribution in [-0.2, 0) is 9.53 Å². The highest BCUT2D eigenvalue weighted by Gasteiger charge is 2.40. The van der Waals surface area contributed by atoms with E-state index in [0.29, 0.717) is 29.2 Å². The van der Waals surface area contributed by atoms with Crippen LogP contribution in [0.25, 0.3) is 0 Å². The van der Waals surface area contributed by atoms with Gasteiger partial charge in [0.25, 0.3) is 0 Å². The molecule has 2 aliphatic rings. The third-order valence-corrected chi connectivity index (χ3v) is 4.46. The van der Waals surface area contributed by atoms with Gasteiger partial charge < -0.3 is 10.5 Å². The highest BCUT2D eigenvalue weighted by molar-refractivity contribution is 6.30. The Balaban J connectivity index is 2.09. The van der Waals surface area contributed by atoms with E-state index in [4.69, 9.17) is 22.1 Å². The fourth-order valence-electron chi connectivity index (χ4n) is 3.13. The van der Waals surface area contributed by atoms with Gasteiger partial charge in [0.2, 0.25) is 0 Å². The molecule has 2 N–H and O–H groups in total. The molecular formula is C18H17ClN2O2. The summed E-state index contributed by atoms with van der Waals surface area (Å²) < 4.78 is 6.05. The third kappa shape index (κ3) is 2.73. The van der Waals surface area contributed by atoms with Crippen LogP contribution >= 0.6 is 11.6 Å². The summed E-state index contributed by atoms with van der Waals surface area (Å²) >= 11 is 5.92. The summed E-state index contributed by atoms with van der Waals surface area (Å²) in [5.41, 5.74) is 7.67. The molecule has 4 nitrogen and oxygen atoms in total. The lowest BCUT2D eigenvalue weighted by atomic mass is 9.74. The molecule has 0 bridgehead atoms. The fourth-order valence-corrected chi connectivity index (χ4v) is 3.26. The van der Waals surface area contributed by atoms with E-state index in [1.165, 1.54) is 0 Å². The molecule has 0 amide bonds. The van der Waals surface area contributed by atoms with E-state index in [1.807, 2.05) is 13.8 Å². The molecule has 0 saturated carbocycles. The van der Waals surface area contributed by atoms with Crippen molar-refractivity contribution in [2.45, 2.75) is 32.8 Å². The Kier molecular flexibility index (Phi) is 3.69. The van der Waals surface area contributed by atoms with Crippen LogP contribution in [0.4, 0.5) is 0 Å². The van der Waals surface area contributed by atoms with Crippen molar-refractivity contribution in [2.75, 3.05) is 0 Å². The van der Waals surface area contributed by atoms with Gasteiger partial charge in [-0.05, 0) is 23.1 Å². The number of hydrogen-bond acceptors (Lipinski definition) is 4. The lowest BCUT2D eigenvalue weighted by Gasteiger charge is -2.37. The molecule has 1 aliphatic carbocycles. The lowest BCUT2D eigenvalue weighted by Crippen LogP contribution is -2.33.